The largest absolute Gasteiger partial charge is 0.490 e. The van der Waals surface area contributed by atoms with Crippen molar-refractivity contribution in [2.75, 3.05) is 13.2 Å². The lowest BCUT2D eigenvalue weighted by molar-refractivity contribution is -0.121. The first kappa shape index (κ1) is 26.9. The Morgan fingerprint density at radius 1 is 0.972 bits per heavy atom. The van der Waals surface area contributed by atoms with Gasteiger partial charge in [0.1, 0.15) is 11.5 Å². The summed E-state index contributed by atoms with van der Waals surface area (Å²) in [6.07, 6.45) is 1.94. The zero-order valence-corrected chi connectivity index (χ0v) is 24.4. The van der Waals surface area contributed by atoms with Gasteiger partial charge in [0.15, 0.2) is 29.7 Å². The second-order valence-corrected chi connectivity index (χ2v) is 12.8. The maximum Gasteiger partial charge on any atom is 0.255 e. The summed E-state index contributed by atoms with van der Waals surface area (Å²) in [7, 11) is 0. The van der Waals surface area contributed by atoms with Crippen LogP contribution in [0.5, 0.6) is 11.5 Å². The summed E-state index contributed by atoms with van der Waals surface area (Å²) in [6.45, 7) is 10.1. The molecule has 0 spiro atoms. The van der Waals surface area contributed by atoms with Crippen molar-refractivity contribution in [3.8, 4) is 11.5 Å². The maximum atomic E-state index is 13.6. The molecule has 7 nitrogen and oxygen atoms in total. The van der Waals surface area contributed by atoms with E-state index in [1.165, 1.54) is 0 Å². The van der Waals surface area contributed by atoms with Crippen molar-refractivity contribution in [3.05, 3.63) is 43.2 Å². The molecular weight excluding hydrogens is 594 g/mol. The van der Waals surface area contributed by atoms with Gasteiger partial charge in [0.2, 0.25) is 0 Å². The maximum absolute atomic E-state index is 13.6. The number of hydrogen-bond donors (Lipinski definition) is 1. The highest BCUT2D eigenvalue weighted by Crippen LogP contribution is 2.56. The van der Waals surface area contributed by atoms with E-state index in [1.807, 2.05) is 6.92 Å². The second-order valence-electron chi connectivity index (χ2n) is 11.2. The summed E-state index contributed by atoms with van der Waals surface area (Å²) in [4.78, 5) is 38.5. The van der Waals surface area contributed by atoms with Gasteiger partial charge in [0.05, 0.1) is 11.1 Å². The monoisotopic (exact) mass is 623 g/mol. The lowest BCUT2D eigenvalue weighted by Crippen LogP contribution is -2.37. The van der Waals surface area contributed by atoms with Gasteiger partial charge in [-0.2, -0.15) is 0 Å². The van der Waals surface area contributed by atoms with Crippen LogP contribution in [0.25, 0.3) is 0 Å². The minimum Gasteiger partial charge on any atom is -0.490 e. The molecule has 4 rings (SSSR count). The van der Waals surface area contributed by atoms with E-state index in [0.717, 1.165) is 0 Å². The van der Waals surface area contributed by atoms with E-state index in [1.54, 1.807) is 6.07 Å². The van der Waals surface area contributed by atoms with Crippen LogP contribution in [-0.4, -0.2) is 30.7 Å². The van der Waals surface area contributed by atoms with E-state index in [-0.39, 0.29) is 29.0 Å². The van der Waals surface area contributed by atoms with Crippen LogP contribution in [-0.2, 0) is 19.1 Å². The van der Waals surface area contributed by atoms with E-state index in [2.05, 4.69) is 59.6 Å². The zero-order chi connectivity index (χ0) is 26.6. The molecule has 2 N–H and O–H groups in total. The average molecular weight is 625 g/mol. The first-order valence-electron chi connectivity index (χ1n) is 12.0. The third-order valence-corrected chi connectivity index (χ3v) is 8.85. The molecule has 0 saturated heterocycles. The molecule has 1 aromatic rings. The summed E-state index contributed by atoms with van der Waals surface area (Å²) in [6, 6.07) is 1.78. The molecule has 3 aliphatic rings. The minimum atomic E-state index is -0.621. The number of Topliss-reactive ketones (excluding diaryl/α,β-unsaturated/α-hetero) is 2. The molecule has 0 bridgehead atoms. The number of ketones is 2. The fraction of sp³-hybridized carbons (Fsp3) is 0.519. The number of ether oxygens (including phenoxy) is 3. The van der Waals surface area contributed by atoms with E-state index < -0.39 is 11.8 Å². The fourth-order valence-corrected chi connectivity index (χ4v) is 6.40. The average Bonchev–Trinajstić information content (AvgIpc) is 2.72. The SMILES string of the molecule is CCOc1cc(C2C3=C(CC(C)(C)CC3=O)OC3=C2C(=O)CC(C)(C)C3)c(Br)c(Br)c1OCC(N)=O. The number of allylic oxidation sites excluding steroid dienone is 4. The number of carbonyl (C=O) groups excluding carboxylic acids is 3. The molecule has 9 heteroatoms. The summed E-state index contributed by atoms with van der Waals surface area (Å²) in [5.41, 5.74) is 6.56. The van der Waals surface area contributed by atoms with E-state index in [0.29, 0.717) is 81.0 Å². The Balaban J connectivity index is 1.96. The molecule has 0 atom stereocenters. The molecule has 36 heavy (non-hydrogen) atoms. The molecule has 1 aromatic carbocycles. The smallest absolute Gasteiger partial charge is 0.255 e. The van der Waals surface area contributed by atoms with Crippen molar-refractivity contribution in [2.45, 2.75) is 66.2 Å². The third-order valence-electron chi connectivity index (χ3n) is 6.71. The molecule has 1 heterocycles. The first-order valence-corrected chi connectivity index (χ1v) is 13.6. The van der Waals surface area contributed by atoms with Crippen LogP contribution in [0.1, 0.15) is 71.8 Å². The van der Waals surface area contributed by atoms with Crippen LogP contribution in [0.15, 0.2) is 37.7 Å². The van der Waals surface area contributed by atoms with Gasteiger partial charge in [-0.15, -0.1) is 0 Å². The van der Waals surface area contributed by atoms with Crippen LogP contribution < -0.4 is 15.2 Å². The van der Waals surface area contributed by atoms with Crippen LogP contribution >= 0.6 is 31.9 Å². The molecule has 0 fully saturated rings. The van der Waals surface area contributed by atoms with Crippen LogP contribution in [0, 0.1) is 10.8 Å². The predicted molar refractivity (Wildman–Crippen MR) is 142 cm³/mol. The van der Waals surface area contributed by atoms with Gasteiger partial charge < -0.3 is 19.9 Å². The van der Waals surface area contributed by atoms with E-state index in [4.69, 9.17) is 19.9 Å². The summed E-state index contributed by atoms with van der Waals surface area (Å²) < 4.78 is 19.0. The molecule has 2 aliphatic carbocycles. The van der Waals surface area contributed by atoms with E-state index >= 15 is 0 Å². The van der Waals surface area contributed by atoms with E-state index in [9.17, 15) is 14.4 Å². The number of nitrogens with two attached hydrogens (primary N) is 1. The van der Waals surface area contributed by atoms with Gasteiger partial charge >= 0.3 is 0 Å². The Kier molecular flexibility index (Phi) is 7.20. The quantitative estimate of drug-likeness (QED) is 0.424. The Hall–Kier alpha value is -2.13. The van der Waals surface area contributed by atoms with Gasteiger partial charge in [-0.25, -0.2) is 0 Å². The Morgan fingerprint density at radius 3 is 1.97 bits per heavy atom. The zero-order valence-electron chi connectivity index (χ0n) is 21.2. The number of primary amides is 1. The van der Waals surface area contributed by atoms with Gasteiger partial charge in [-0.1, -0.05) is 27.7 Å². The number of benzene rings is 1. The summed E-state index contributed by atoms with van der Waals surface area (Å²) >= 11 is 7.24. The Bertz CT molecular complexity index is 1180. The molecule has 0 unspecified atom stereocenters. The first-order chi connectivity index (χ1) is 16.7. The van der Waals surface area contributed by atoms with Crippen molar-refractivity contribution in [1.29, 1.82) is 0 Å². The minimum absolute atomic E-state index is 0.0227. The predicted octanol–water partition coefficient (Wildman–Crippen LogP) is 5.87. The molecular formula is C27H31Br2NO6. The van der Waals surface area contributed by atoms with Gasteiger partial charge in [-0.05, 0) is 61.2 Å². The normalized spacial score (nSPS) is 21.1. The lowest BCUT2D eigenvalue weighted by Gasteiger charge is -2.43. The second kappa shape index (κ2) is 9.63. The van der Waals surface area contributed by atoms with Crippen molar-refractivity contribution < 1.29 is 28.6 Å². The highest BCUT2D eigenvalue weighted by atomic mass is 79.9. The van der Waals surface area contributed by atoms with Crippen LogP contribution in [0.3, 0.4) is 0 Å². The lowest BCUT2D eigenvalue weighted by atomic mass is 9.65. The van der Waals surface area contributed by atoms with Gasteiger partial charge in [0, 0.05) is 47.2 Å². The molecule has 194 valence electrons. The van der Waals surface area contributed by atoms with Crippen LogP contribution in [0.4, 0.5) is 0 Å². The highest BCUT2D eigenvalue weighted by Gasteiger charge is 2.48. The number of halogens is 2. The van der Waals surface area contributed by atoms with Crippen molar-refractivity contribution >= 4 is 49.3 Å². The topological polar surface area (TPSA) is 105 Å². The molecule has 1 aliphatic heterocycles. The number of carbonyl (C=O) groups is 3. The summed E-state index contributed by atoms with van der Waals surface area (Å²) in [5, 5.41) is 0. The van der Waals surface area contributed by atoms with Gasteiger partial charge in [-0.3, -0.25) is 14.4 Å². The van der Waals surface area contributed by atoms with Crippen molar-refractivity contribution in [2.24, 2.45) is 16.6 Å². The number of rotatable bonds is 6. The van der Waals surface area contributed by atoms with Crippen molar-refractivity contribution in [1.82, 2.24) is 0 Å². The standard InChI is InChI=1S/C27H31Br2NO6/c1-6-34-16-7-13(23(28)24(29)25(16)35-12-19(30)33)20-21-14(31)8-26(2,3)10-17(21)36-18-11-27(4,5)9-15(32)22(18)20/h7,20H,6,8-12H2,1-5H3,(H2,30,33). The fourth-order valence-electron chi connectivity index (χ4n) is 5.34. The van der Waals surface area contributed by atoms with Gasteiger partial charge in [0.25, 0.3) is 5.91 Å². The number of hydrogen-bond acceptors (Lipinski definition) is 6. The molecule has 1 amide bonds. The highest BCUT2D eigenvalue weighted by molar-refractivity contribution is 9.13. The van der Waals surface area contributed by atoms with Crippen LogP contribution in [0.2, 0.25) is 0 Å². The number of amides is 1. The third kappa shape index (κ3) is 5.01. The Labute approximate surface area is 228 Å². The Morgan fingerprint density at radius 2 is 1.50 bits per heavy atom. The molecule has 0 radical (unpaired) electrons. The summed E-state index contributed by atoms with van der Waals surface area (Å²) in [5.74, 6) is 0.702. The van der Waals surface area contributed by atoms with Crippen molar-refractivity contribution in [3.63, 3.8) is 0 Å². The molecule has 0 aromatic heterocycles. The molecule has 0 saturated carbocycles.